The van der Waals surface area contributed by atoms with Crippen LogP contribution in [0.4, 0.5) is 5.69 Å². The molecule has 7 nitrogen and oxygen atoms in total. The number of hydrogen-bond acceptors (Lipinski definition) is 6. The van der Waals surface area contributed by atoms with Crippen LogP contribution in [-0.2, 0) is 27.1 Å². The molecular weight excluding hydrogens is 641 g/mol. The summed E-state index contributed by atoms with van der Waals surface area (Å²) in [5, 5.41) is 25.3. The summed E-state index contributed by atoms with van der Waals surface area (Å²) >= 11 is 0. The van der Waals surface area contributed by atoms with Gasteiger partial charge in [-0.2, -0.15) is 0 Å². The zero-order valence-electron chi connectivity index (χ0n) is 28.1. The largest absolute Gasteiger partial charge is 0.744 e. The van der Waals surface area contributed by atoms with Crippen molar-refractivity contribution in [3.05, 3.63) is 154 Å². The predicted molar refractivity (Wildman–Crippen MR) is 195 cm³/mol. The number of hydrogen-bond donors (Lipinski definition) is 1. The lowest BCUT2D eigenvalue weighted by Crippen LogP contribution is -2.32. The molecule has 0 aromatic heterocycles. The first kappa shape index (κ1) is 36.5. The Labute approximate surface area is 284 Å². The molecule has 250 valence electrons. The standard InChI is InChI=1S/C25H21NO2P.C14H22O4S/c27-26(28)22-18-16-21(17-19-22)20-29(23-10-4-1-5-11-23,24-12-6-2-7-13-24)25-14-8-3-9-15-25;1-13(2,3)10-7-9(19(16,17)18)8-11(12(10)15)14(4,5)6/h1-19H,20H2;7-8,15H,1-6H3,(H,16,17,18)/q+1;/p-1. The highest BCUT2D eigenvalue weighted by Crippen LogP contribution is 2.58. The maximum atomic E-state index is 11.3. The van der Waals surface area contributed by atoms with E-state index in [9.17, 15) is 28.2 Å². The Balaban J connectivity index is 0.000000239. The van der Waals surface area contributed by atoms with Crippen molar-refractivity contribution in [2.45, 2.75) is 63.4 Å². The Bertz CT molecular complexity index is 1820. The van der Waals surface area contributed by atoms with E-state index in [1.54, 1.807) is 12.1 Å². The number of aromatic hydroxyl groups is 1. The van der Waals surface area contributed by atoms with E-state index in [1.807, 2.05) is 71.9 Å². The molecule has 0 saturated heterocycles. The summed E-state index contributed by atoms with van der Waals surface area (Å²) < 4.78 is 33.8. The molecule has 5 aromatic carbocycles. The second-order valence-electron chi connectivity index (χ2n) is 13.7. The van der Waals surface area contributed by atoms with Gasteiger partial charge >= 0.3 is 0 Å². The molecule has 5 aromatic rings. The lowest BCUT2D eigenvalue weighted by atomic mass is 9.79. The van der Waals surface area contributed by atoms with Crippen LogP contribution in [0, 0.1) is 10.1 Å². The summed E-state index contributed by atoms with van der Waals surface area (Å²) in [6, 6.07) is 41.4. The Morgan fingerprint density at radius 1 is 0.646 bits per heavy atom. The number of phenols is 1. The van der Waals surface area contributed by atoms with Gasteiger partial charge in [-0.3, -0.25) is 10.1 Å². The van der Waals surface area contributed by atoms with Gasteiger partial charge in [0, 0.05) is 23.3 Å². The van der Waals surface area contributed by atoms with E-state index in [0.717, 1.165) is 11.7 Å². The highest BCUT2D eigenvalue weighted by Gasteiger charge is 2.45. The van der Waals surface area contributed by atoms with Gasteiger partial charge < -0.3 is 9.66 Å². The zero-order valence-corrected chi connectivity index (χ0v) is 29.8. The van der Waals surface area contributed by atoms with Crippen molar-refractivity contribution in [2.75, 3.05) is 0 Å². The average molecular weight is 684 g/mol. The van der Waals surface area contributed by atoms with Gasteiger partial charge in [0.1, 0.15) is 39.0 Å². The van der Waals surface area contributed by atoms with Gasteiger partial charge in [0.05, 0.1) is 16.0 Å². The fourth-order valence-corrected chi connectivity index (χ4v) is 10.4. The van der Waals surface area contributed by atoms with E-state index in [2.05, 4.69) is 72.8 Å². The minimum absolute atomic E-state index is 0.0624. The summed E-state index contributed by atoms with van der Waals surface area (Å²) in [6.07, 6.45) is 0.809. The molecule has 0 fully saturated rings. The first-order valence-corrected chi connectivity index (χ1v) is 18.9. The summed E-state index contributed by atoms with van der Waals surface area (Å²) in [6.45, 7) is 11.1. The van der Waals surface area contributed by atoms with Gasteiger partial charge in [-0.05, 0) is 77.1 Å². The van der Waals surface area contributed by atoms with Crippen LogP contribution >= 0.6 is 7.26 Å². The molecule has 0 bridgehead atoms. The third-order valence-electron chi connectivity index (χ3n) is 8.15. The van der Waals surface area contributed by atoms with E-state index in [4.69, 9.17) is 0 Å². The van der Waals surface area contributed by atoms with E-state index < -0.39 is 28.2 Å². The van der Waals surface area contributed by atoms with E-state index in [1.165, 1.54) is 28.0 Å². The second-order valence-corrected chi connectivity index (χ2v) is 18.6. The molecule has 0 heterocycles. The Morgan fingerprint density at radius 2 is 1.00 bits per heavy atom. The Kier molecular flexibility index (Phi) is 10.9. The third-order valence-corrected chi connectivity index (χ3v) is 13.3. The molecule has 0 aliphatic carbocycles. The van der Waals surface area contributed by atoms with Gasteiger partial charge in [0.2, 0.25) is 0 Å². The molecule has 5 rings (SSSR count). The average Bonchev–Trinajstić information content (AvgIpc) is 3.04. The van der Waals surface area contributed by atoms with Crippen molar-refractivity contribution < 1.29 is 23.0 Å². The molecule has 0 atom stereocenters. The van der Waals surface area contributed by atoms with Crippen molar-refractivity contribution in [1.82, 2.24) is 0 Å². The molecule has 1 N–H and O–H groups in total. The highest BCUT2D eigenvalue weighted by molar-refractivity contribution is 7.95. The molecule has 0 aliphatic rings. The van der Waals surface area contributed by atoms with Gasteiger partial charge in [-0.25, -0.2) is 8.42 Å². The van der Waals surface area contributed by atoms with Crippen LogP contribution in [0.5, 0.6) is 5.75 Å². The topological polar surface area (TPSA) is 121 Å². The van der Waals surface area contributed by atoms with Crippen molar-refractivity contribution in [3.63, 3.8) is 0 Å². The molecule has 48 heavy (non-hydrogen) atoms. The SMILES string of the molecule is CC(C)(C)c1cc(S(=O)(=O)[O-])cc(C(C)(C)C)c1O.O=[N+]([O-])c1ccc(C[P+](c2ccccc2)(c2ccccc2)c2ccccc2)cc1. The molecular formula is C39H42NO6PS. The first-order chi connectivity index (χ1) is 22.4. The van der Waals surface area contributed by atoms with Gasteiger partial charge in [0.25, 0.3) is 5.69 Å². The predicted octanol–water partition coefficient (Wildman–Crippen LogP) is 7.98. The molecule has 0 radical (unpaired) electrons. The summed E-state index contributed by atoms with van der Waals surface area (Å²) in [5.41, 5.74) is 1.25. The van der Waals surface area contributed by atoms with Crippen LogP contribution in [-0.4, -0.2) is 23.0 Å². The molecule has 0 aliphatic heterocycles. The second kappa shape index (κ2) is 14.4. The lowest BCUT2D eigenvalue weighted by Gasteiger charge is -2.28. The van der Waals surface area contributed by atoms with Crippen LogP contribution in [0.25, 0.3) is 0 Å². The van der Waals surface area contributed by atoms with Crippen molar-refractivity contribution in [3.8, 4) is 5.75 Å². The van der Waals surface area contributed by atoms with Crippen molar-refractivity contribution in [1.29, 1.82) is 0 Å². The van der Waals surface area contributed by atoms with Crippen LogP contribution in [0.1, 0.15) is 58.2 Å². The van der Waals surface area contributed by atoms with E-state index in [-0.39, 0.29) is 21.3 Å². The van der Waals surface area contributed by atoms with Gasteiger partial charge in [0.15, 0.2) is 0 Å². The highest BCUT2D eigenvalue weighted by atomic mass is 32.2. The maximum absolute atomic E-state index is 11.3. The number of nitro benzene ring substituents is 1. The maximum Gasteiger partial charge on any atom is 0.269 e. The van der Waals surface area contributed by atoms with Gasteiger partial charge in [-0.1, -0.05) is 96.1 Å². The first-order valence-electron chi connectivity index (χ1n) is 15.6. The van der Waals surface area contributed by atoms with Crippen LogP contribution in [0.15, 0.2) is 132 Å². The van der Waals surface area contributed by atoms with Gasteiger partial charge in [-0.15, -0.1) is 0 Å². The smallest absolute Gasteiger partial charge is 0.269 e. The molecule has 0 amide bonds. The minimum atomic E-state index is -4.55. The van der Waals surface area contributed by atoms with Crippen molar-refractivity contribution >= 4 is 39.0 Å². The molecule has 0 saturated carbocycles. The number of phenolic OH excluding ortho intramolecular Hbond substituents is 1. The zero-order chi connectivity index (χ0) is 35.3. The quantitative estimate of drug-likeness (QED) is 0.0804. The number of non-ortho nitro benzene ring substituents is 1. The number of nitrogens with zero attached hydrogens (tertiary/aromatic N) is 1. The Morgan fingerprint density at radius 3 is 1.29 bits per heavy atom. The minimum Gasteiger partial charge on any atom is -0.744 e. The number of rotatable bonds is 7. The Hall–Kier alpha value is -4.36. The van der Waals surface area contributed by atoms with Crippen molar-refractivity contribution in [2.24, 2.45) is 0 Å². The molecule has 9 heteroatoms. The lowest BCUT2D eigenvalue weighted by molar-refractivity contribution is -0.384. The number of nitro groups is 1. The summed E-state index contributed by atoms with van der Waals surface area (Å²) in [4.78, 5) is 10.4. The monoisotopic (exact) mass is 683 g/mol. The van der Waals surface area contributed by atoms with Crippen LogP contribution in [0.2, 0.25) is 0 Å². The fourth-order valence-electron chi connectivity index (χ4n) is 5.66. The fraction of sp³-hybridized carbons (Fsp3) is 0.231. The molecule has 0 unspecified atom stereocenters. The normalized spacial score (nSPS) is 12.1. The van der Waals surface area contributed by atoms with Crippen LogP contribution < -0.4 is 15.9 Å². The number of benzene rings is 5. The summed E-state index contributed by atoms with van der Waals surface area (Å²) in [5.74, 6) is 0.0624. The van der Waals surface area contributed by atoms with Crippen LogP contribution in [0.3, 0.4) is 0 Å². The third kappa shape index (κ3) is 8.37. The van der Waals surface area contributed by atoms with E-state index >= 15 is 0 Å². The van der Waals surface area contributed by atoms with E-state index in [0.29, 0.717) is 11.1 Å². The molecule has 0 spiro atoms. The summed E-state index contributed by atoms with van der Waals surface area (Å²) in [7, 11) is -6.53.